The molecule has 0 aliphatic carbocycles. The summed E-state index contributed by atoms with van der Waals surface area (Å²) >= 11 is 0. The fourth-order valence-electron chi connectivity index (χ4n) is 1.36. The van der Waals surface area contributed by atoms with Crippen molar-refractivity contribution in [3.8, 4) is 0 Å². The lowest BCUT2D eigenvalue weighted by Gasteiger charge is -1.96. The van der Waals surface area contributed by atoms with E-state index in [4.69, 9.17) is 5.14 Å². The highest BCUT2D eigenvalue weighted by atomic mass is 32.2. The molecule has 0 saturated carbocycles. The van der Waals surface area contributed by atoms with Crippen molar-refractivity contribution in [3.63, 3.8) is 0 Å². The van der Waals surface area contributed by atoms with Gasteiger partial charge in [-0.15, -0.1) is 0 Å². The van der Waals surface area contributed by atoms with Gasteiger partial charge in [0.2, 0.25) is 0 Å². The second kappa shape index (κ2) is 3.65. The Hall–Kier alpha value is -1.37. The number of hydrogen-bond acceptors (Lipinski definition) is 3. The number of rotatable bonds is 3. The van der Waals surface area contributed by atoms with E-state index in [1.165, 1.54) is 0 Å². The minimum atomic E-state index is -3.88. The van der Waals surface area contributed by atoms with Crippen LogP contribution in [-0.2, 0) is 21.1 Å². The standard InChI is InChI=1S/C9H10N2O3S/c10-15(12,13)14-6-8-5-7-3-1-2-4-9(7)11-8/h1-5,11H,6H2,(H2,10,12,13). The zero-order chi connectivity index (χ0) is 10.9. The largest absolute Gasteiger partial charge is 0.356 e. The molecule has 0 aliphatic heterocycles. The minimum absolute atomic E-state index is 0.0759. The number of nitrogens with one attached hydrogen (secondary N) is 1. The summed E-state index contributed by atoms with van der Waals surface area (Å²) in [5.41, 5.74) is 1.61. The average molecular weight is 226 g/mol. The molecule has 0 saturated heterocycles. The number of aromatic amines is 1. The third-order valence-electron chi connectivity index (χ3n) is 1.96. The maximum atomic E-state index is 10.6. The molecule has 2 rings (SSSR count). The number of fused-ring (bicyclic) bond motifs is 1. The summed E-state index contributed by atoms with van der Waals surface area (Å²) in [6.07, 6.45) is 0. The number of para-hydroxylation sites is 1. The molecule has 0 fully saturated rings. The second-order valence-electron chi connectivity index (χ2n) is 3.14. The molecule has 0 atom stereocenters. The molecule has 1 aromatic carbocycles. The first-order chi connectivity index (χ1) is 7.04. The Bertz CT molecular complexity index is 541. The fraction of sp³-hybridized carbons (Fsp3) is 0.111. The SMILES string of the molecule is NS(=O)(=O)OCc1cc2ccccc2[nH]1. The van der Waals surface area contributed by atoms with E-state index >= 15 is 0 Å². The molecule has 0 amide bonds. The molecular weight excluding hydrogens is 216 g/mol. The number of aromatic nitrogens is 1. The summed E-state index contributed by atoms with van der Waals surface area (Å²) < 4.78 is 25.6. The second-order valence-corrected chi connectivity index (χ2v) is 4.36. The molecule has 0 bridgehead atoms. The summed E-state index contributed by atoms with van der Waals surface area (Å²) in [4.78, 5) is 3.02. The van der Waals surface area contributed by atoms with Crippen LogP contribution >= 0.6 is 0 Å². The van der Waals surface area contributed by atoms with Gasteiger partial charge in [0.15, 0.2) is 0 Å². The van der Waals surface area contributed by atoms with Crippen LogP contribution in [0.1, 0.15) is 5.69 Å². The van der Waals surface area contributed by atoms with Crippen LogP contribution in [0.2, 0.25) is 0 Å². The van der Waals surface area contributed by atoms with E-state index in [2.05, 4.69) is 9.17 Å². The van der Waals surface area contributed by atoms with Crippen molar-refractivity contribution >= 4 is 21.2 Å². The molecule has 15 heavy (non-hydrogen) atoms. The van der Waals surface area contributed by atoms with Crippen molar-refractivity contribution in [2.75, 3.05) is 0 Å². The molecular formula is C9H10N2O3S. The monoisotopic (exact) mass is 226 g/mol. The summed E-state index contributed by atoms with van der Waals surface area (Å²) in [5.74, 6) is 0. The fourth-order valence-corrected chi connectivity index (χ4v) is 1.65. The predicted molar refractivity (Wildman–Crippen MR) is 56.2 cm³/mol. The van der Waals surface area contributed by atoms with Crippen molar-refractivity contribution in [3.05, 3.63) is 36.0 Å². The normalized spacial score (nSPS) is 12.1. The highest BCUT2D eigenvalue weighted by Gasteiger charge is 2.05. The van der Waals surface area contributed by atoms with Gasteiger partial charge in [0.05, 0.1) is 0 Å². The van der Waals surface area contributed by atoms with Gasteiger partial charge in [-0.1, -0.05) is 18.2 Å². The quantitative estimate of drug-likeness (QED) is 0.814. The van der Waals surface area contributed by atoms with E-state index in [0.29, 0.717) is 5.69 Å². The van der Waals surface area contributed by atoms with Gasteiger partial charge in [-0.2, -0.15) is 8.42 Å². The van der Waals surface area contributed by atoms with E-state index < -0.39 is 10.3 Å². The number of H-pyrrole nitrogens is 1. The Morgan fingerprint density at radius 1 is 1.33 bits per heavy atom. The van der Waals surface area contributed by atoms with Crippen molar-refractivity contribution in [2.45, 2.75) is 6.61 Å². The summed E-state index contributed by atoms with van der Waals surface area (Å²) in [6, 6.07) is 9.44. The lowest BCUT2D eigenvalue weighted by Crippen LogP contribution is -2.15. The first-order valence-corrected chi connectivity index (χ1v) is 5.75. The molecule has 3 N–H and O–H groups in total. The van der Waals surface area contributed by atoms with Crippen molar-refractivity contribution in [1.29, 1.82) is 0 Å². The van der Waals surface area contributed by atoms with Crippen LogP contribution in [0.3, 0.4) is 0 Å². The summed E-state index contributed by atoms with van der Waals surface area (Å²) in [6.45, 7) is -0.0759. The van der Waals surface area contributed by atoms with Crippen LogP contribution in [0.5, 0.6) is 0 Å². The van der Waals surface area contributed by atoms with Crippen molar-refractivity contribution in [2.24, 2.45) is 5.14 Å². The zero-order valence-corrected chi connectivity index (χ0v) is 8.62. The van der Waals surface area contributed by atoms with E-state index in [1.807, 2.05) is 30.3 Å². The minimum Gasteiger partial charge on any atom is -0.356 e. The Morgan fingerprint density at radius 3 is 2.73 bits per heavy atom. The summed E-state index contributed by atoms with van der Waals surface area (Å²) in [7, 11) is -3.88. The van der Waals surface area contributed by atoms with Crippen LogP contribution in [-0.4, -0.2) is 13.4 Å². The molecule has 6 heteroatoms. The van der Waals surface area contributed by atoms with Crippen LogP contribution in [0.15, 0.2) is 30.3 Å². The molecule has 0 radical (unpaired) electrons. The van der Waals surface area contributed by atoms with Crippen molar-refractivity contribution < 1.29 is 12.6 Å². The average Bonchev–Trinajstić information content (AvgIpc) is 2.56. The third-order valence-corrected chi connectivity index (χ3v) is 2.41. The van der Waals surface area contributed by atoms with E-state index in [-0.39, 0.29) is 6.61 Å². The molecule has 1 aromatic heterocycles. The zero-order valence-electron chi connectivity index (χ0n) is 7.80. The smallest absolute Gasteiger partial charge is 0.333 e. The highest BCUT2D eigenvalue weighted by molar-refractivity contribution is 7.84. The van der Waals surface area contributed by atoms with Gasteiger partial charge in [0.25, 0.3) is 0 Å². The Kier molecular flexibility index (Phi) is 2.47. The van der Waals surface area contributed by atoms with Crippen LogP contribution in [0.25, 0.3) is 10.9 Å². The Morgan fingerprint density at radius 2 is 2.07 bits per heavy atom. The van der Waals surface area contributed by atoms with Crippen molar-refractivity contribution in [1.82, 2.24) is 4.98 Å². The van der Waals surface area contributed by atoms with Crippen LogP contribution < -0.4 is 5.14 Å². The molecule has 80 valence electrons. The van der Waals surface area contributed by atoms with E-state index in [1.54, 1.807) is 0 Å². The van der Waals surface area contributed by atoms with Gasteiger partial charge in [-0.3, -0.25) is 4.18 Å². The lowest BCUT2D eigenvalue weighted by molar-refractivity contribution is 0.305. The van der Waals surface area contributed by atoms with Gasteiger partial charge >= 0.3 is 10.3 Å². The Balaban J connectivity index is 2.23. The maximum Gasteiger partial charge on any atom is 0.333 e. The first-order valence-electron chi connectivity index (χ1n) is 4.28. The topological polar surface area (TPSA) is 85.2 Å². The molecule has 5 nitrogen and oxygen atoms in total. The molecule has 0 unspecified atom stereocenters. The third kappa shape index (κ3) is 2.56. The van der Waals surface area contributed by atoms with E-state index in [0.717, 1.165) is 10.9 Å². The number of nitrogens with two attached hydrogens (primary N) is 1. The summed E-state index contributed by atoms with van der Waals surface area (Å²) in [5, 5.41) is 5.72. The molecule has 0 spiro atoms. The van der Waals surface area contributed by atoms with Crippen LogP contribution in [0, 0.1) is 0 Å². The van der Waals surface area contributed by atoms with Gasteiger partial charge in [-0.05, 0) is 17.5 Å². The molecule has 1 heterocycles. The molecule has 0 aliphatic rings. The Labute approximate surface area is 87.1 Å². The first kappa shape index (κ1) is 10.2. The van der Waals surface area contributed by atoms with Crippen LogP contribution in [0.4, 0.5) is 0 Å². The lowest BCUT2D eigenvalue weighted by atomic mass is 10.2. The van der Waals surface area contributed by atoms with Gasteiger partial charge in [-0.25, -0.2) is 5.14 Å². The highest BCUT2D eigenvalue weighted by Crippen LogP contribution is 2.15. The maximum absolute atomic E-state index is 10.6. The molecule has 2 aromatic rings. The predicted octanol–water partition coefficient (Wildman–Crippen LogP) is 0.888. The number of hydrogen-bond donors (Lipinski definition) is 2. The van der Waals surface area contributed by atoms with E-state index in [9.17, 15) is 8.42 Å². The number of benzene rings is 1. The van der Waals surface area contributed by atoms with Gasteiger partial charge < -0.3 is 4.98 Å². The van der Waals surface area contributed by atoms with Gasteiger partial charge in [0.1, 0.15) is 6.61 Å². The van der Waals surface area contributed by atoms with Gasteiger partial charge in [0, 0.05) is 11.2 Å².